The molecular formula is C27H28F2N6O2. The minimum absolute atomic E-state index is 0.0328. The van der Waals surface area contributed by atoms with Gasteiger partial charge in [-0.3, -0.25) is 14.5 Å². The van der Waals surface area contributed by atoms with Crippen LogP contribution in [0.25, 0.3) is 33.3 Å². The number of carbonyl (C=O) groups excluding carboxylic acids is 1. The van der Waals surface area contributed by atoms with Crippen LogP contribution in [0.5, 0.6) is 0 Å². The van der Waals surface area contributed by atoms with Gasteiger partial charge in [0, 0.05) is 67.7 Å². The summed E-state index contributed by atoms with van der Waals surface area (Å²) in [6.45, 7) is 3.60. The minimum atomic E-state index is -2.68. The normalized spacial score (nSPS) is 18.7. The largest absolute Gasteiger partial charge is 0.381 e. The average molecular weight is 507 g/mol. The fourth-order valence-electron chi connectivity index (χ4n) is 5.67. The van der Waals surface area contributed by atoms with Crippen LogP contribution in [0.2, 0.25) is 0 Å². The number of hydrogen-bond donors (Lipinski definition) is 0. The highest BCUT2D eigenvalue weighted by molar-refractivity contribution is 5.97. The van der Waals surface area contributed by atoms with E-state index in [9.17, 15) is 13.6 Å². The summed E-state index contributed by atoms with van der Waals surface area (Å²) >= 11 is 0. The van der Waals surface area contributed by atoms with Crippen molar-refractivity contribution in [1.82, 2.24) is 29.2 Å². The lowest BCUT2D eigenvalue weighted by Gasteiger charge is -2.32. The molecule has 2 aliphatic heterocycles. The number of amides is 1. The molecular weight excluding hydrogens is 478 g/mol. The van der Waals surface area contributed by atoms with Crippen LogP contribution in [-0.2, 0) is 23.1 Å². The lowest BCUT2D eigenvalue weighted by Crippen LogP contribution is -2.40. The fourth-order valence-corrected chi connectivity index (χ4v) is 5.67. The van der Waals surface area contributed by atoms with E-state index < -0.39 is 12.5 Å². The number of carbonyl (C=O) groups is 1. The highest BCUT2D eigenvalue weighted by Crippen LogP contribution is 2.41. The molecule has 5 heterocycles. The van der Waals surface area contributed by atoms with Crippen LogP contribution in [0.1, 0.15) is 55.2 Å². The van der Waals surface area contributed by atoms with Crippen molar-refractivity contribution in [2.45, 2.75) is 44.7 Å². The van der Waals surface area contributed by atoms with E-state index >= 15 is 0 Å². The van der Waals surface area contributed by atoms with Gasteiger partial charge >= 0.3 is 0 Å². The van der Waals surface area contributed by atoms with E-state index in [0.29, 0.717) is 41.8 Å². The molecule has 8 nitrogen and oxygen atoms in total. The molecule has 1 aromatic carbocycles. The van der Waals surface area contributed by atoms with Crippen LogP contribution in [0, 0.1) is 0 Å². The molecule has 10 heteroatoms. The van der Waals surface area contributed by atoms with Gasteiger partial charge in [-0.05, 0) is 43.5 Å². The number of fused-ring (bicyclic) bond motifs is 2. The molecule has 192 valence electrons. The maximum absolute atomic E-state index is 14.3. The first-order chi connectivity index (χ1) is 17.8. The Morgan fingerprint density at radius 2 is 1.92 bits per heavy atom. The zero-order chi connectivity index (χ0) is 25.8. The molecule has 6 rings (SSSR count). The number of hydrogen-bond acceptors (Lipinski definition) is 5. The second-order valence-electron chi connectivity index (χ2n) is 9.91. The summed E-state index contributed by atoms with van der Waals surface area (Å²) in [5, 5.41) is 4.76. The maximum Gasteiger partial charge on any atom is 0.264 e. The SMILES string of the molecule is CC1C(=O)N(C)Cc2c(-c3ccnc4cc(-c5cnn(C)c5)c(C(F)F)cc34)nc(C3CCOCC3)n21. The summed E-state index contributed by atoms with van der Waals surface area (Å²) in [7, 11) is 3.54. The number of pyridine rings is 1. The van der Waals surface area contributed by atoms with Crippen molar-refractivity contribution in [2.24, 2.45) is 7.05 Å². The lowest BCUT2D eigenvalue weighted by atomic mass is 9.96. The molecule has 2 aliphatic rings. The molecule has 0 spiro atoms. The molecule has 0 saturated carbocycles. The number of nitrogens with zero attached hydrogens (tertiary/aromatic N) is 6. The fraction of sp³-hybridized carbons (Fsp3) is 0.407. The molecule has 1 unspecified atom stereocenters. The van der Waals surface area contributed by atoms with Gasteiger partial charge < -0.3 is 14.2 Å². The van der Waals surface area contributed by atoms with Crippen molar-refractivity contribution in [3.63, 3.8) is 0 Å². The van der Waals surface area contributed by atoms with Crippen LogP contribution in [0.15, 0.2) is 36.8 Å². The number of aryl methyl sites for hydroxylation is 1. The molecule has 3 aromatic heterocycles. The number of benzene rings is 1. The molecule has 4 aromatic rings. The number of likely N-dealkylation sites (N-methyl/N-ethyl adjacent to an activating group) is 1. The van der Waals surface area contributed by atoms with Crippen LogP contribution < -0.4 is 0 Å². The van der Waals surface area contributed by atoms with Crippen LogP contribution in [0.4, 0.5) is 8.78 Å². The molecule has 1 atom stereocenters. The summed E-state index contributed by atoms with van der Waals surface area (Å²) in [6, 6.07) is 4.68. The number of halogens is 2. The Morgan fingerprint density at radius 3 is 2.62 bits per heavy atom. The van der Waals surface area contributed by atoms with Crippen LogP contribution in [-0.4, -0.2) is 55.4 Å². The van der Waals surface area contributed by atoms with Crippen molar-refractivity contribution < 1.29 is 18.3 Å². The summed E-state index contributed by atoms with van der Waals surface area (Å²) in [6.07, 6.45) is 3.97. The van der Waals surface area contributed by atoms with E-state index in [1.807, 2.05) is 13.0 Å². The second kappa shape index (κ2) is 9.02. The zero-order valence-corrected chi connectivity index (χ0v) is 21.0. The third kappa shape index (κ3) is 3.90. The second-order valence-corrected chi connectivity index (χ2v) is 9.91. The molecule has 37 heavy (non-hydrogen) atoms. The van der Waals surface area contributed by atoms with Gasteiger partial charge in [-0.15, -0.1) is 0 Å². The van der Waals surface area contributed by atoms with Crippen molar-refractivity contribution in [2.75, 3.05) is 20.3 Å². The predicted octanol–water partition coefficient (Wildman–Crippen LogP) is 4.86. The number of aromatic nitrogens is 5. The lowest BCUT2D eigenvalue weighted by molar-refractivity contribution is -0.135. The van der Waals surface area contributed by atoms with E-state index in [4.69, 9.17) is 9.72 Å². The van der Waals surface area contributed by atoms with E-state index in [1.165, 1.54) is 6.07 Å². The van der Waals surface area contributed by atoms with Crippen molar-refractivity contribution in [1.29, 1.82) is 0 Å². The van der Waals surface area contributed by atoms with E-state index in [-0.39, 0.29) is 17.4 Å². The van der Waals surface area contributed by atoms with Gasteiger partial charge in [-0.2, -0.15) is 5.10 Å². The number of rotatable bonds is 4. The van der Waals surface area contributed by atoms with Crippen LogP contribution in [0.3, 0.4) is 0 Å². The number of ether oxygens (including phenoxy) is 1. The quantitative estimate of drug-likeness (QED) is 0.395. The van der Waals surface area contributed by atoms with Gasteiger partial charge in [0.1, 0.15) is 11.9 Å². The smallest absolute Gasteiger partial charge is 0.264 e. The monoisotopic (exact) mass is 506 g/mol. The first-order valence-corrected chi connectivity index (χ1v) is 12.5. The van der Waals surface area contributed by atoms with Gasteiger partial charge in [-0.25, -0.2) is 13.8 Å². The maximum atomic E-state index is 14.3. The number of imidazole rings is 1. The van der Waals surface area contributed by atoms with E-state index in [0.717, 1.165) is 35.6 Å². The molecule has 0 radical (unpaired) electrons. The Morgan fingerprint density at radius 1 is 1.14 bits per heavy atom. The third-order valence-corrected chi connectivity index (χ3v) is 7.55. The molecule has 0 aliphatic carbocycles. The van der Waals surface area contributed by atoms with Gasteiger partial charge in [0.25, 0.3) is 6.43 Å². The molecule has 0 N–H and O–H groups in total. The highest BCUT2D eigenvalue weighted by Gasteiger charge is 2.36. The first-order valence-electron chi connectivity index (χ1n) is 12.5. The molecule has 1 amide bonds. The third-order valence-electron chi connectivity index (χ3n) is 7.55. The minimum Gasteiger partial charge on any atom is -0.381 e. The number of alkyl halides is 2. The van der Waals surface area contributed by atoms with E-state index in [2.05, 4.69) is 14.6 Å². The Balaban J connectivity index is 1.58. The average Bonchev–Trinajstić information content (AvgIpc) is 3.50. The predicted molar refractivity (Wildman–Crippen MR) is 134 cm³/mol. The van der Waals surface area contributed by atoms with Gasteiger partial charge in [0.05, 0.1) is 29.6 Å². The molecule has 0 bridgehead atoms. The van der Waals surface area contributed by atoms with E-state index in [1.54, 1.807) is 48.3 Å². The van der Waals surface area contributed by atoms with Gasteiger partial charge in [0.15, 0.2) is 0 Å². The Bertz CT molecular complexity index is 1500. The summed E-state index contributed by atoms with van der Waals surface area (Å²) in [5.74, 6) is 1.07. The van der Waals surface area contributed by atoms with Crippen molar-refractivity contribution >= 4 is 16.8 Å². The summed E-state index contributed by atoms with van der Waals surface area (Å²) in [4.78, 5) is 24.3. The van der Waals surface area contributed by atoms with Gasteiger partial charge in [0.2, 0.25) is 5.91 Å². The standard InChI is InChI=1S/C27H28F2N6O2/c1-15-27(36)33(2)14-23-24(32-26(35(15)23)16-5-8-37-9-6-16)18-4-7-30-22-11-19(17-12-31-34(3)13-17)21(25(28)29)10-20(18)22/h4,7,10-13,15-16,25H,5-6,8-9,14H2,1-3H3. The highest BCUT2D eigenvalue weighted by atomic mass is 19.3. The first kappa shape index (κ1) is 23.7. The zero-order valence-electron chi connectivity index (χ0n) is 21.0. The van der Waals surface area contributed by atoms with Crippen LogP contribution >= 0.6 is 0 Å². The van der Waals surface area contributed by atoms with Crippen molar-refractivity contribution in [3.05, 3.63) is 53.9 Å². The molecule has 1 fully saturated rings. The molecule has 1 saturated heterocycles. The van der Waals surface area contributed by atoms with Gasteiger partial charge in [-0.1, -0.05) is 0 Å². The van der Waals surface area contributed by atoms with Crippen molar-refractivity contribution in [3.8, 4) is 22.4 Å². The Labute approximate surface area is 212 Å². The summed E-state index contributed by atoms with van der Waals surface area (Å²) < 4.78 is 37.9. The summed E-state index contributed by atoms with van der Waals surface area (Å²) in [5.41, 5.74) is 3.92. The topological polar surface area (TPSA) is 78.1 Å². The Kier molecular flexibility index (Phi) is 5.78. The Hall–Kier alpha value is -3.66.